The predicted octanol–water partition coefficient (Wildman–Crippen LogP) is 5.07. The fourth-order valence-electron chi connectivity index (χ4n) is 5.80. The van der Waals surface area contributed by atoms with Crippen molar-refractivity contribution in [2.24, 2.45) is 5.73 Å². The second kappa shape index (κ2) is 8.81. The number of halogens is 1. The lowest BCUT2D eigenvalue weighted by molar-refractivity contribution is 0.0575. The Kier molecular flexibility index (Phi) is 5.46. The predicted molar refractivity (Wildman–Crippen MR) is 135 cm³/mol. The molecule has 0 saturated carbocycles. The van der Waals surface area contributed by atoms with Crippen LogP contribution in [0.25, 0.3) is 33.0 Å². The number of piperidine rings is 1. The smallest absolute Gasteiger partial charge is 0.254 e. The van der Waals surface area contributed by atoms with Crippen LogP contribution in [0.15, 0.2) is 67.0 Å². The van der Waals surface area contributed by atoms with Gasteiger partial charge in [0.1, 0.15) is 11.9 Å². The van der Waals surface area contributed by atoms with Crippen LogP contribution in [-0.4, -0.2) is 39.1 Å². The summed E-state index contributed by atoms with van der Waals surface area (Å²) in [6.45, 7) is 0. The summed E-state index contributed by atoms with van der Waals surface area (Å²) in [7, 11) is 0. The van der Waals surface area contributed by atoms with Gasteiger partial charge < -0.3 is 10.6 Å². The van der Waals surface area contributed by atoms with Crippen LogP contribution < -0.4 is 5.73 Å². The summed E-state index contributed by atoms with van der Waals surface area (Å²) in [5.41, 5.74) is 9.87. The van der Waals surface area contributed by atoms with E-state index in [1.807, 2.05) is 47.4 Å². The van der Waals surface area contributed by atoms with Crippen LogP contribution in [0.3, 0.4) is 0 Å². The average molecular weight is 478 g/mol. The number of nitrogens with two attached hydrogens (primary N) is 1. The number of hydrogen-bond acceptors (Lipinski definition) is 5. The third kappa shape index (κ3) is 3.80. The van der Waals surface area contributed by atoms with E-state index in [0.717, 1.165) is 53.1 Å². The highest BCUT2D eigenvalue weighted by atomic mass is 19.1. The molecule has 2 N–H and O–H groups in total. The van der Waals surface area contributed by atoms with Gasteiger partial charge in [-0.25, -0.2) is 4.39 Å². The van der Waals surface area contributed by atoms with Crippen LogP contribution >= 0.6 is 0 Å². The molecule has 0 aliphatic carbocycles. The standard InChI is InChI=1S/C29H24FN5O/c30-28-11-18(1-3-20(28)14-31)27-10-19(29(36)35-24-6-7-25(35)13-23(32)12-24)5-8-26(27)17-2-4-21-15-33-34-16-22(21)9-17/h1-5,8-11,15-16,23-25H,6-7,12-13,32H2. The molecule has 2 bridgehead atoms. The zero-order valence-corrected chi connectivity index (χ0v) is 19.6. The molecule has 0 spiro atoms. The van der Waals surface area contributed by atoms with Crippen LogP contribution in [-0.2, 0) is 0 Å². The maximum atomic E-state index is 14.7. The van der Waals surface area contributed by atoms with Gasteiger partial charge in [0, 0.05) is 34.5 Å². The van der Waals surface area contributed by atoms with E-state index in [1.165, 1.54) is 12.1 Å². The number of amides is 1. The highest BCUT2D eigenvalue weighted by Gasteiger charge is 2.42. The molecule has 1 amide bonds. The van der Waals surface area contributed by atoms with E-state index in [0.29, 0.717) is 11.1 Å². The molecular formula is C29H24FN5O. The molecule has 2 aliphatic rings. The van der Waals surface area contributed by atoms with Crippen LogP contribution in [0.4, 0.5) is 4.39 Å². The van der Waals surface area contributed by atoms with Gasteiger partial charge in [-0.3, -0.25) is 4.79 Å². The lowest BCUT2D eigenvalue weighted by atomic mass is 9.90. The first kappa shape index (κ1) is 22.3. The van der Waals surface area contributed by atoms with Gasteiger partial charge in [-0.15, -0.1) is 0 Å². The Morgan fingerprint density at radius 3 is 2.33 bits per heavy atom. The van der Waals surface area contributed by atoms with Crippen molar-refractivity contribution >= 4 is 16.7 Å². The zero-order chi connectivity index (χ0) is 24.8. The topological polar surface area (TPSA) is 95.9 Å². The number of carbonyl (C=O) groups is 1. The molecule has 2 unspecified atom stereocenters. The first-order chi connectivity index (χ1) is 17.5. The maximum Gasteiger partial charge on any atom is 0.254 e. The largest absolute Gasteiger partial charge is 0.333 e. The normalized spacial score (nSPS) is 20.9. The SMILES string of the molecule is N#Cc1ccc(-c2cc(C(=O)N3C4CCC3CC(N)C4)ccc2-c2ccc3cnncc3c2)cc1F. The third-order valence-electron chi connectivity index (χ3n) is 7.53. The molecular weight excluding hydrogens is 453 g/mol. The zero-order valence-electron chi connectivity index (χ0n) is 19.6. The summed E-state index contributed by atoms with van der Waals surface area (Å²) in [4.78, 5) is 15.7. The highest BCUT2D eigenvalue weighted by Crippen LogP contribution is 2.39. The Balaban J connectivity index is 1.47. The molecule has 2 saturated heterocycles. The van der Waals surface area contributed by atoms with E-state index in [-0.39, 0.29) is 29.6 Å². The summed E-state index contributed by atoms with van der Waals surface area (Å²) in [5, 5.41) is 19.0. The average Bonchev–Trinajstić information content (AvgIpc) is 3.18. The quantitative estimate of drug-likeness (QED) is 0.445. The Labute approximate surface area is 208 Å². The van der Waals surface area contributed by atoms with Crippen molar-refractivity contribution < 1.29 is 9.18 Å². The number of benzene rings is 3. The van der Waals surface area contributed by atoms with Crippen molar-refractivity contribution in [1.82, 2.24) is 15.1 Å². The molecule has 3 heterocycles. The summed E-state index contributed by atoms with van der Waals surface area (Å²) < 4.78 is 14.7. The number of hydrogen-bond donors (Lipinski definition) is 1. The van der Waals surface area contributed by atoms with E-state index < -0.39 is 5.82 Å². The number of nitrogens with zero attached hydrogens (tertiary/aromatic N) is 4. The van der Waals surface area contributed by atoms with Crippen LogP contribution in [0.1, 0.15) is 41.6 Å². The Morgan fingerprint density at radius 1 is 0.917 bits per heavy atom. The van der Waals surface area contributed by atoms with E-state index in [4.69, 9.17) is 5.73 Å². The highest BCUT2D eigenvalue weighted by molar-refractivity contribution is 5.99. The number of fused-ring (bicyclic) bond motifs is 3. The summed E-state index contributed by atoms with van der Waals surface area (Å²) in [5.74, 6) is -0.598. The van der Waals surface area contributed by atoms with Crippen molar-refractivity contribution in [1.29, 1.82) is 5.26 Å². The first-order valence-electron chi connectivity index (χ1n) is 12.1. The molecule has 0 radical (unpaired) electrons. The first-order valence-corrected chi connectivity index (χ1v) is 12.1. The van der Waals surface area contributed by atoms with E-state index in [9.17, 15) is 14.4 Å². The number of aromatic nitrogens is 2. The third-order valence-corrected chi connectivity index (χ3v) is 7.53. The molecule has 2 aliphatic heterocycles. The molecule has 2 atom stereocenters. The van der Waals surface area contributed by atoms with Crippen molar-refractivity contribution in [3.05, 3.63) is 83.9 Å². The van der Waals surface area contributed by atoms with Gasteiger partial charge in [0.05, 0.1) is 18.0 Å². The minimum Gasteiger partial charge on any atom is -0.333 e. The molecule has 1 aromatic heterocycles. The molecule has 178 valence electrons. The number of carbonyl (C=O) groups excluding carboxylic acids is 1. The van der Waals surface area contributed by atoms with Crippen LogP contribution in [0.5, 0.6) is 0 Å². The van der Waals surface area contributed by atoms with Crippen molar-refractivity contribution in [3.63, 3.8) is 0 Å². The monoisotopic (exact) mass is 477 g/mol. The summed E-state index contributed by atoms with van der Waals surface area (Å²) in [6, 6.07) is 18.5. The van der Waals surface area contributed by atoms with Gasteiger partial charge in [-0.2, -0.15) is 15.5 Å². The summed E-state index contributed by atoms with van der Waals surface area (Å²) in [6.07, 6.45) is 7.03. The van der Waals surface area contributed by atoms with Gasteiger partial charge in [0.15, 0.2) is 0 Å². The lowest BCUT2D eigenvalue weighted by Gasteiger charge is -2.38. The van der Waals surface area contributed by atoms with Gasteiger partial charge in [0.25, 0.3) is 5.91 Å². The summed E-state index contributed by atoms with van der Waals surface area (Å²) >= 11 is 0. The molecule has 6 rings (SSSR count). The Bertz CT molecular complexity index is 1530. The molecule has 7 heteroatoms. The van der Waals surface area contributed by atoms with Crippen LogP contribution in [0, 0.1) is 17.1 Å². The van der Waals surface area contributed by atoms with Crippen LogP contribution in [0.2, 0.25) is 0 Å². The lowest BCUT2D eigenvalue weighted by Crippen LogP contribution is -2.50. The van der Waals surface area contributed by atoms with Gasteiger partial charge >= 0.3 is 0 Å². The van der Waals surface area contributed by atoms with Crippen molar-refractivity contribution in [3.8, 4) is 28.3 Å². The molecule has 6 nitrogen and oxygen atoms in total. The molecule has 3 aromatic carbocycles. The molecule has 4 aromatic rings. The second-order valence-electron chi connectivity index (χ2n) is 9.73. The Morgan fingerprint density at radius 2 is 1.61 bits per heavy atom. The second-order valence-corrected chi connectivity index (χ2v) is 9.73. The van der Waals surface area contributed by atoms with E-state index in [2.05, 4.69) is 10.2 Å². The maximum absolute atomic E-state index is 14.7. The van der Waals surface area contributed by atoms with Crippen molar-refractivity contribution in [2.45, 2.75) is 43.8 Å². The number of rotatable bonds is 3. The fourth-order valence-corrected chi connectivity index (χ4v) is 5.80. The number of nitriles is 1. The van der Waals surface area contributed by atoms with Gasteiger partial charge in [-0.1, -0.05) is 24.3 Å². The van der Waals surface area contributed by atoms with E-state index >= 15 is 0 Å². The fraction of sp³-hybridized carbons (Fsp3) is 0.241. The molecule has 2 fully saturated rings. The minimum absolute atomic E-state index is 0.00916. The van der Waals surface area contributed by atoms with Gasteiger partial charge in [0.2, 0.25) is 0 Å². The Hall–Kier alpha value is -4.15. The van der Waals surface area contributed by atoms with Crippen molar-refractivity contribution in [2.75, 3.05) is 0 Å². The minimum atomic E-state index is -0.588. The van der Waals surface area contributed by atoms with Gasteiger partial charge in [-0.05, 0) is 78.3 Å². The van der Waals surface area contributed by atoms with E-state index in [1.54, 1.807) is 18.5 Å². The molecule has 36 heavy (non-hydrogen) atoms.